The number of carbonyl (C=O) groups excluding carboxylic acids is 2. The second-order valence-corrected chi connectivity index (χ2v) is 7.04. The first-order valence-electron chi connectivity index (χ1n) is 9.64. The molecule has 162 valence electrons. The third-order valence-corrected chi connectivity index (χ3v) is 4.21. The van der Waals surface area contributed by atoms with Crippen LogP contribution in [0.2, 0.25) is 0 Å². The van der Waals surface area contributed by atoms with E-state index in [1.54, 1.807) is 31.3 Å². The van der Waals surface area contributed by atoms with Gasteiger partial charge in [-0.05, 0) is 30.7 Å². The number of nitrogens with zero attached hydrogens (tertiary/aromatic N) is 2. The summed E-state index contributed by atoms with van der Waals surface area (Å²) in [6, 6.07) is 5.07. The lowest BCUT2D eigenvalue weighted by Gasteiger charge is -2.12. The maximum Gasteiger partial charge on any atom is 0.272 e. The zero-order valence-electron chi connectivity index (χ0n) is 17.2. The largest absolute Gasteiger partial charge is 0.471 e. The summed E-state index contributed by atoms with van der Waals surface area (Å²) in [6.07, 6.45) is 0.929. The lowest BCUT2D eigenvalue weighted by atomic mass is 10.1. The molecule has 7 nitrogen and oxygen atoms in total. The lowest BCUT2D eigenvalue weighted by molar-refractivity contribution is -0.123. The Labute approximate surface area is 174 Å². The number of halogens is 2. The predicted molar refractivity (Wildman–Crippen MR) is 107 cm³/mol. The third kappa shape index (κ3) is 7.06. The van der Waals surface area contributed by atoms with Gasteiger partial charge in [-0.1, -0.05) is 13.8 Å². The molecular weight excluding hydrogens is 394 g/mol. The van der Waals surface area contributed by atoms with Gasteiger partial charge in [-0.25, -0.2) is 13.8 Å². The molecule has 2 N–H and O–H groups in total. The number of aryl methyl sites for hydroxylation is 1. The van der Waals surface area contributed by atoms with E-state index in [1.807, 2.05) is 13.8 Å². The molecular formula is C21H26F2N4O3. The minimum Gasteiger partial charge on any atom is -0.471 e. The minimum atomic E-state index is -2.57. The quantitative estimate of drug-likeness (QED) is 0.617. The van der Waals surface area contributed by atoms with Crippen LogP contribution >= 0.6 is 0 Å². The van der Waals surface area contributed by atoms with Crippen molar-refractivity contribution >= 4 is 11.8 Å². The molecule has 0 aromatic carbocycles. The maximum atomic E-state index is 12.6. The van der Waals surface area contributed by atoms with Crippen LogP contribution in [-0.4, -0.2) is 41.4 Å². The zero-order chi connectivity index (χ0) is 22.1. The number of ether oxygens (including phenoxy) is 1. The average Bonchev–Trinajstić information content (AvgIpc) is 2.71. The Bertz CT molecular complexity index is 875. The predicted octanol–water partition coefficient (Wildman–Crippen LogP) is 2.67. The fourth-order valence-electron chi connectivity index (χ4n) is 2.64. The number of aromatic nitrogens is 2. The monoisotopic (exact) mass is 420 g/mol. The summed E-state index contributed by atoms with van der Waals surface area (Å²) in [5.41, 5.74) is 2.33. The normalized spacial score (nSPS) is 10.9. The van der Waals surface area contributed by atoms with Crippen molar-refractivity contribution in [2.24, 2.45) is 5.92 Å². The van der Waals surface area contributed by atoms with E-state index in [0.717, 1.165) is 0 Å². The van der Waals surface area contributed by atoms with Gasteiger partial charge in [-0.2, -0.15) is 0 Å². The highest BCUT2D eigenvalue weighted by Gasteiger charge is 2.14. The Morgan fingerprint density at radius 2 is 1.97 bits per heavy atom. The van der Waals surface area contributed by atoms with Crippen LogP contribution in [0, 0.1) is 12.8 Å². The molecule has 0 saturated carbocycles. The highest BCUT2D eigenvalue weighted by atomic mass is 19.3. The number of rotatable bonds is 10. The number of alkyl halides is 2. The Balaban J connectivity index is 1.95. The highest BCUT2D eigenvalue weighted by Crippen LogP contribution is 2.16. The van der Waals surface area contributed by atoms with Crippen LogP contribution in [0.5, 0.6) is 5.88 Å². The molecule has 0 saturated heterocycles. The molecule has 0 bridgehead atoms. The Morgan fingerprint density at radius 1 is 1.20 bits per heavy atom. The fraction of sp³-hybridized carbons (Fsp3) is 0.429. The van der Waals surface area contributed by atoms with Gasteiger partial charge in [-0.3, -0.25) is 14.6 Å². The van der Waals surface area contributed by atoms with Gasteiger partial charge in [0.15, 0.2) is 6.61 Å². The minimum absolute atomic E-state index is 0.0548. The molecule has 0 spiro atoms. The van der Waals surface area contributed by atoms with Crippen LogP contribution in [-0.2, 0) is 17.8 Å². The van der Waals surface area contributed by atoms with Gasteiger partial charge in [0, 0.05) is 43.4 Å². The van der Waals surface area contributed by atoms with Crippen LogP contribution < -0.4 is 15.4 Å². The zero-order valence-corrected chi connectivity index (χ0v) is 17.2. The van der Waals surface area contributed by atoms with Crippen LogP contribution in [0.15, 0.2) is 30.6 Å². The molecule has 9 heteroatoms. The van der Waals surface area contributed by atoms with E-state index < -0.39 is 13.0 Å². The van der Waals surface area contributed by atoms with Gasteiger partial charge in [0.05, 0.1) is 11.3 Å². The first kappa shape index (κ1) is 23.2. The Kier molecular flexibility index (Phi) is 8.64. The van der Waals surface area contributed by atoms with Crippen LogP contribution in [0.3, 0.4) is 0 Å². The van der Waals surface area contributed by atoms with E-state index in [0.29, 0.717) is 35.3 Å². The molecule has 2 rings (SSSR count). The van der Waals surface area contributed by atoms with Gasteiger partial charge >= 0.3 is 0 Å². The SMILES string of the molecule is Cc1cc(CNC(=O)c2cccnc2CCNC(=O)C(C)C)cnc1OCC(F)F. The van der Waals surface area contributed by atoms with Crippen molar-refractivity contribution in [1.82, 2.24) is 20.6 Å². The second kappa shape index (κ2) is 11.2. The number of nitrogens with one attached hydrogen (secondary N) is 2. The van der Waals surface area contributed by atoms with Crippen LogP contribution in [0.25, 0.3) is 0 Å². The van der Waals surface area contributed by atoms with Gasteiger partial charge in [0.25, 0.3) is 12.3 Å². The summed E-state index contributed by atoms with van der Waals surface area (Å²) in [5, 5.41) is 5.61. The van der Waals surface area contributed by atoms with E-state index in [-0.39, 0.29) is 30.2 Å². The smallest absolute Gasteiger partial charge is 0.272 e. The molecule has 0 aliphatic heterocycles. The summed E-state index contributed by atoms with van der Waals surface area (Å²) >= 11 is 0. The molecule has 0 fully saturated rings. The summed E-state index contributed by atoms with van der Waals surface area (Å²) < 4.78 is 29.5. The van der Waals surface area contributed by atoms with Crippen molar-refractivity contribution in [1.29, 1.82) is 0 Å². The Hall–Kier alpha value is -3.10. The fourth-order valence-corrected chi connectivity index (χ4v) is 2.64. The molecule has 0 unspecified atom stereocenters. The van der Waals surface area contributed by atoms with Crippen LogP contribution in [0.1, 0.15) is 41.0 Å². The van der Waals surface area contributed by atoms with E-state index in [4.69, 9.17) is 4.74 Å². The lowest BCUT2D eigenvalue weighted by Crippen LogP contribution is -2.30. The molecule has 0 aliphatic carbocycles. The van der Waals surface area contributed by atoms with E-state index in [1.165, 1.54) is 6.20 Å². The molecule has 2 amide bonds. The highest BCUT2D eigenvalue weighted by molar-refractivity contribution is 5.95. The average molecular weight is 420 g/mol. The topological polar surface area (TPSA) is 93.2 Å². The van der Waals surface area contributed by atoms with Crippen LogP contribution in [0.4, 0.5) is 8.78 Å². The second-order valence-electron chi connectivity index (χ2n) is 7.04. The summed E-state index contributed by atoms with van der Waals surface area (Å²) in [4.78, 5) is 32.6. The molecule has 2 aromatic heterocycles. The van der Waals surface area contributed by atoms with E-state index >= 15 is 0 Å². The summed E-state index contributed by atoms with van der Waals surface area (Å²) in [7, 11) is 0. The van der Waals surface area contributed by atoms with Gasteiger partial charge < -0.3 is 15.4 Å². The van der Waals surface area contributed by atoms with Crippen molar-refractivity contribution < 1.29 is 23.1 Å². The van der Waals surface area contributed by atoms with E-state index in [2.05, 4.69) is 20.6 Å². The third-order valence-electron chi connectivity index (χ3n) is 4.21. The number of carbonyl (C=O) groups is 2. The Morgan fingerprint density at radius 3 is 2.63 bits per heavy atom. The van der Waals surface area contributed by atoms with E-state index in [9.17, 15) is 18.4 Å². The standard InChI is InChI=1S/C21H26F2N4O3/c1-13(2)19(28)25-8-6-17-16(5-4-7-24-17)20(29)26-10-15-9-14(3)21(27-11-15)30-12-18(22)23/h4-5,7,9,11,13,18H,6,8,10,12H2,1-3H3,(H,25,28)(H,26,29). The van der Waals surface area contributed by atoms with Crippen molar-refractivity contribution in [3.05, 3.63) is 53.0 Å². The molecule has 0 radical (unpaired) electrons. The van der Waals surface area contributed by atoms with Gasteiger partial charge in [0.1, 0.15) is 0 Å². The number of hydrogen-bond donors (Lipinski definition) is 2. The molecule has 30 heavy (non-hydrogen) atoms. The molecule has 2 aromatic rings. The van der Waals surface area contributed by atoms with Crippen molar-refractivity contribution in [2.45, 2.75) is 40.2 Å². The van der Waals surface area contributed by atoms with Crippen molar-refractivity contribution in [3.63, 3.8) is 0 Å². The number of pyridine rings is 2. The first-order valence-corrected chi connectivity index (χ1v) is 9.64. The van der Waals surface area contributed by atoms with Gasteiger partial charge in [0.2, 0.25) is 11.8 Å². The maximum absolute atomic E-state index is 12.6. The molecule has 2 heterocycles. The van der Waals surface area contributed by atoms with Crippen molar-refractivity contribution in [2.75, 3.05) is 13.2 Å². The summed E-state index contributed by atoms with van der Waals surface area (Å²) in [5.74, 6) is -0.325. The number of amides is 2. The number of hydrogen-bond acceptors (Lipinski definition) is 5. The van der Waals surface area contributed by atoms with Gasteiger partial charge in [-0.15, -0.1) is 0 Å². The summed E-state index contributed by atoms with van der Waals surface area (Å²) in [6.45, 7) is 5.19. The molecule has 0 aliphatic rings. The van der Waals surface area contributed by atoms with Crippen molar-refractivity contribution in [3.8, 4) is 5.88 Å². The molecule has 0 atom stereocenters. The first-order chi connectivity index (χ1) is 14.3.